The summed E-state index contributed by atoms with van der Waals surface area (Å²) in [6.45, 7) is 4.34. The molecule has 0 amide bonds. The third-order valence-corrected chi connectivity index (χ3v) is 3.22. The van der Waals surface area contributed by atoms with E-state index >= 15 is 0 Å². The summed E-state index contributed by atoms with van der Waals surface area (Å²) in [4.78, 5) is 2.44. The van der Waals surface area contributed by atoms with Gasteiger partial charge in [0.15, 0.2) is 0 Å². The summed E-state index contributed by atoms with van der Waals surface area (Å²) in [5.41, 5.74) is 1.09. The van der Waals surface area contributed by atoms with Gasteiger partial charge >= 0.3 is 0 Å². The molecule has 1 aliphatic rings. The fourth-order valence-corrected chi connectivity index (χ4v) is 2.26. The Labute approximate surface area is 103 Å². The molecule has 94 valence electrons. The molecule has 0 aliphatic carbocycles. The van der Waals surface area contributed by atoms with Crippen molar-refractivity contribution in [2.45, 2.75) is 19.3 Å². The van der Waals surface area contributed by atoms with Crippen molar-refractivity contribution in [2.24, 2.45) is 0 Å². The van der Waals surface area contributed by atoms with Crippen LogP contribution in [0.5, 0.6) is 5.75 Å². The molecule has 1 saturated heterocycles. The Morgan fingerprint density at radius 3 is 2.71 bits per heavy atom. The Bertz CT molecular complexity index is 335. The molecule has 1 aliphatic heterocycles. The Kier molecular flexibility index (Phi) is 4.83. The van der Waals surface area contributed by atoms with Gasteiger partial charge in [0.2, 0.25) is 0 Å². The average Bonchev–Trinajstić information content (AvgIpc) is 2.85. The Morgan fingerprint density at radius 2 is 1.94 bits per heavy atom. The first-order chi connectivity index (χ1) is 8.40. The zero-order chi connectivity index (χ0) is 11.9. The number of aliphatic hydroxyl groups excluding tert-OH is 1. The van der Waals surface area contributed by atoms with Gasteiger partial charge < -0.3 is 9.84 Å². The lowest BCUT2D eigenvalue weighted by Gasteiger charge is -2.16. The molecule has 0 saturated carbocycles. The van der Waals surface area contributed by atoms with Crippen LogP contribution in [0.1, 0.15) is 18.4 Å². The first-order valence-corrected chi connectivity index (χ1v) is 6.44. The van der Waals surface area contributed by atoms with Crippen molar-refractivity contribution in [3.63, 3.8) is 0 Å². The number of benzene rings is 1. The fraction of sp³-hybridized carbons (Fsp3) is 0.571. The first kappa shape index (κ1) is 12.4. The molecular weight excluding hydrogens is 214 g/mol. The van der Waals surface area contributed by atoms with Crippen molar-refractivity contribution < 1.29 is 9.84 Å². The van der Waals surface area contributed by atoms with Crippen molar-refractivity contribution in [1.82, 2.24) is 4.90 Å². The number of rotatable bonds is 6. The van der Waals surface area contributed by atoms with E-state index in [2.05, 4.69) is 4.90 Å². The molecule has 2 rings (SSSR count). The molecule has 0 radical (unpaired) electrons. The van der Waals surface area contributed by atoms with E-state index in [0.717, 1.165) is 24.5 Å². The summed E-state index contributed by atoms with van der Waals surface area (Å²) < 4.78 is 5.80. The van der Waals surface area contributed by atoms with Crippen molar-refractivity contribution in [3.05, 3.63) is 29.8 Å². The van der Waals surface area contributed by atoms with Crippen LogP contribution in [0.25, 0.3) is 0 Å². The minimum atomic E-state index is 0.173. The molecule has 1 fully saturated rings. The molecule has 0 aromatic heterocycles. The van der Waals surface area contributed by atoms with E-state index in [0.29, 0.717) is 6.42 Å². The predicted molar refractivity (Wildman–Crippen MR) is 68.4 cm³/mol. The van der Waals surface area contributed by atoms with Crippen molar-refractivity contribution in [2.75, 3.05) is 32.8 Å². The highest BCUT2D eigenvalue weighted by Crippen LogP contribution is 2.18. The average molecular weight is 235 g/mol. The van der Waals surface area contributed by atoms with E-state index in [9.17, 15) is 0 Å². The van der Waals surface area contributed by atoms with Gasteiger partial charge in [-0.2, -0.15) is 0 Å². The normalized spacial score (nSPS) is 16.3. The lowest BCUT2D eigenvalue weighted by molar-refractivity contribution is 0.234. The van der Waals surface area contributed by atoms with Crippen LogP contribution in [0.15, 0.2) is 24.3 Å². The van der Waals surface area contributed by atoms with Crippen molar-refractivity contribution >= 4 is 0 Å². The topological polar surface area (TPSA) is 32.7 Å². The number of likely N-dealkylation sites (tertiary alicyclic amines) is 1. The van der Waals surface area contributed by atoms with Gasteiger partial charge in [0, 0.05) is 13.2 Å². The zero-order valence-corrected chi connectivity index (χ0v) is 10.3. The molecule has 1 N–H and O–H groups in total. The van der Waals surface area contributed by atoms with Crippen LogP contribution in [-0.2, 0) is 6.42 Å². The number of nitrogens with zero attached hydrogens (tertiary/aromatic N) is 1. The van der Waals surface area contributed by atoms with Crippen LogP contribution in [0, 0.1) is 0 Å². The largest absolute Gasteiger partial charge is 0.492 e. The van der Waals surface area contributed by atoms with Crippen LogP contribution in [0.2, 0.25) is 0 Å². The maximum atomic E-state index is 8.98. The molecule has 0 unspecified atom stereocenters. The van der Waals surface area contributed by atoms with Gasteiger partial charge in [0.05, 0.1) is 0 Å². The molecule has 1 aromatic rings. The Morgan fingerprint density at radius 1 is 1.18 bits per heavy atom. The monoisotopic (exact) mass is 235 g/mol. The highest BCUT2D eigenvalue weighted by atomic mass is 16.5. The van der Waals surface area contributed by atoms with Gasteiger partial charge in [0.25, 0.3) is 0 Å². The lowest BCUT2D eigenvalue weighted by Crippen LogP contribution is -2.25. The first-order valence-electron chi connectivity index (χ1n) is 6.44. The number of hydrogen-bond acceptors (Lipinski definition) is 3. The molecule has 0 atom stereocenters. The number of hydrogen-bond donors (Lipinski definition) is 1. The summed E-state index contributed by atoms with van der Waals surface area (Å²) in [5, 5.41) is 8.98. The second-order valence-electron chi connectivity index (χ2n) is 4.48. The van der Waals surface area contributed by atoms with E-state index in [-0.39, 0.29) is 6.61 Å². The van der Waals surface area contributed by atoms with Crippen LogP contribution in [0.4, 0.5) is 0 Å². The summed E-state index contributed by atoms with van der Waals surface area (Å²) >= 11 is 0. The minimum Gasteiger partial charge on any atom is -0.492 e. The van der Waals surface area contributed by atoms with E-state index < -0.39 is 0 Å². The molecular formula is C14H21NO2. The van der Waals surface area contributed by atoms with E-state index in [1.165, 1.54) is 25.9 Å². The molecule has 0 spiro atoms. The minimum absolute atomic E-state index is 0.173. The van der Waals surface area contributed by atoms with Gasteiger partial charge in [-0.15, -0.1) is 0 Å². The van der Waals surface area contributed by atoms with Gasteiger partial charge in [-0.05, 0) is 44.0 Å². The van der Waals surface area contributed by atoms with E-state index in [4.69, 9.17) is 9.84 Å². The summed E-state index contributed by atoms with van der Waals surface area (Å²) in [6.07, 6.45) is 3.31. The van der Waals surface area contributed by atoms with Crippen molar-refractivity contribution in [1.29, 1.82) is 0 Å². The number of ether oxygens (including phenoxy) is 1. The Balaban J connectivity index is 1.80. The zero-order valence-electron chi connectivity index (χ0n) is 10.3. The highest BCUT2D eigenvalue weighted by Gasteiger charge is 2.11. The third-order valence-electron chi connectivity index (χ3n) is 3.22. The highest BCUT2D eigenvalue weighted by molar-refractivity contribution is 5.33. The molecule has 0 bridgehead atoms. The van der Waals surface area contributed by atoms with Crippen LogP contribution in [0.3, 0.4) is 0 Å². The Hall–Kier alpha value is -1.06. The maximum Gasteiger partial charge on any atom is 0.122 e. The standard InChI is InChI=1S/C14H21NO2/c16-11-7-13-5-1-2-6-14(13)17-12-10-15-8-3-4-9-15/h1-2,5-6,16H,3-4,7-12H2. The molecule has 1 heterocycles. The molecule has 17 heavy (non-hydrogen) atoms. The van der Waals surface area contributed by atoms with Gasteiger partial charge in [-0.1, -0.05) is 18.2 Å². The van der Waals surface area contributed by atoms with Crippen LogP contribution >= 0.6 is 0 Å². The predicted octanol–water partition coefficient (Wildman–Crippen LogP) is 1.70. The second-order valence-corrected chi connectivity index (χ2v) is 4.48. The van der Waals surface area contributed by atoms with Gasteiger partial charge in [0.1, 0.15) is 12.4 Å². The van der Waals surface area contributed by atoms with Gasteiger partial charge in [-0.3, -0.25) is 4.90 Å². The van der Waals surface area contributed by atoms with Crippen LogP contribution < -0.4 is 4.74 Å². The van der Waals surface area contributed by atoms with E-state index in [1.54, 1.807) is 0 Å². The molecule has 3 heteroatoms. The van der Waals surface area contributed by atoms with E-state index in [1.807, 2.05) is 24.3 Å². The number of para-hydroxylation sites is 1. The smallest absolute Gasteiger partial charge is 0.122 e. The molecule has 3 nitrogen and oxygen atoms in total. The van der Waals surface area contributed by atoms with Crippen molar-refractivity contribution in [3.8, 4) is 5.75 Å². The van der Waals surface area contributed by atoms with Gasteiger partial charge in [-0.25, -0.2) is 0 Å². The quantitative estimate of drug-likeness (QED) is 0.814. The summed E-state index contributed by atoms with van der Waals surface area (Å²) in [6, 6.07) is 7.96. The second kappa shape index (κ2) is 6.62. The summed E-state index contributed by atoms with van der Waals surface area (Å²) in [5.74, 6) is 0.917. The summed E-state index contributed by atoms with van der Waals surface area (Å²) in [7, 11) is 0. The fourth-order valence-electron chi connectivity index (χ4n) is 2.26. The number of aliphatic hydroxyl groups is 1. The maximum absolute atomic E-state index is 8.98. The lowest BCUT2D eigenvalue weighted by atomic mass is 10.1. The SMILES string of the molecule is OCCc1ccccc1OCCN1CCCC1. The van der Waals surface area contributed by atoms with Crippen LogP contribution in [-0.4, -0.2) is 42.9 Å². The third kappa shape index (κ3) is 3.72. The molecule has 1 aromatic carbocycles.